The van der Waals surface area contributed by atoms with Crippen molar-refractivity contribution in [2.45, 2.75) is 4.90 Å². The van der Waals surface area contributed by atoms with Crippen molar-refractivity contribution >= 4 is 22.0 Å². The fraction of sp³-hybridized carbons (Fsp3) is 0.250. The van der Waals surface area contributed by atoms with E-state index < -0.39 is 15.8 Å². The van der Waals surface area contributed by atoms with E-state index >= 15 is 0 Å². The Bertz CT molecular complexity index is 969. The van der Waals surface area contributed by atoms with E-state index in [1.54, 1.807) is 41.3 Å². The summed E-state index contributed by atoms with van der Waals surface area (Å²) < 4.78 is 45.2. The van der Waals surface area contributed by atoms with E-state index in [2.05, 4.69) is 0 Å². The quantitative estimate of drug-likeness (QED) is 0.718. The van der Waals surface area contributed by atoms with Gasteiger partial charge in [-0.2, -0.15) is 4.31 Å². The van der Waals surface area contributed by atoms with Gasteiger partial charge in [-0.1, -0.05) is 24.3 Å². The zero-order valence-corrected chi connectivity index (χ0v) is 16.2. The summed E-state index contributed by atoms with van der Waals surface area (Å²) in [6.07, 6.45) is 2.89. The van der Waals surface area contributed by atoms with Crippen molar-refractivity contribution in [1.82, 2.24) is 9.21 Å². The van der Waals surface area contributed by atoms with Crippen molar-refractivity contribution in [3.8, 4) is 5.75 Å². The second kappa shape index (κ2) is 8.53. The summed E-state index contributed by atoms with van der Waals surface area (Å²) in [5.41, 5.74) is 0.539. The van der Waals surface area contributed by atoms with Gasteiger partial charge in [0.05, 0.1) is 12.0 Å². The van der Waals surface area contributed by atoms with E-state index in [1.807, 2.05) is 0 Å². The number of hydrogen-bond acceptors (Lipinski definition) is 4. The lowest BCUT2D eigenvalue weighted by Gasteiger charge is -2.33. The first-order valence-electron chi connectivity index (χ1n) is 8.77. The molecule has 1 amide bonds. The van der Waals surface area contributed by atoms with Crippen LogP contribution in [0.1, 0.15) is 5.56 Å². The number of carbonyl (C=O) groups is 1. The number of sulfonamides is 1. The molecule has 0 unspecified atom stereocenters. The largest absolute Gasteiger partial charge is 0.494 e. The maximum atomic E-state index is 13.7. The number of amides is 1. The molecule has 2 aromatic rings. The van der Waals surface area contributed by atoms with Gasteiger partial charge in [0, 0.05) is 32.3 Å². The number of rotatable bonds is 5. The van der Waals surface area contributed by atoms with Gasteiger partial charge in [0.1, 0.15) is 0 Å². The summed E-state index contributed by atoms with van der Waals surface area (Å²) in [6, 6.07) is 12.7. The number of ether oxygens (including phenoxy) is 1. The van der Waals surface area contributed by atoms with Gasteiger partial charge in [0.25, 0.3) is 0 Å². The van der Waals surface area contributed by atoms with Crippen LogP contribution in [0.2, 0.25) is 0 Å². The first-order chi connectivity index (χ1) is 13.4. The number of carbonyl (C=O) groups excluding carboxylic acids is 1. The van der Waals surface area contributed by atoms with Crippen LogP contribution in [0.25, 0.3) is 6.08 Å². The Hall–Kier alpha value is -2.71. The molecule has 0 aromatic heterocycles. The van der Waals surface area contributed by atoms with Crippen molar-refractivity contribution in [3.05, 3.63) is 66.0 Å². The summed E-state index contributed by atoms with van der Waals surface area (Å²) in [5, 5.41) is 0. The summed E-state index contributed by atoms with van der Waals surface area (Å²) in [6.45, 7) is 1.06. The third kappa shape index (κ3) is 4.40. The second-order valence-corrected chi connectivity index (χ2v) is 8.21. The lowest BCUT2D eigenvalue weighted by atomic mass is 10.2. The summed E-state index contributed by atoms with van der Waals surface area (Å²) in [7, 11) is -2.17. The van der Waals surface area contributed by atoms with E-state index in [9.17, 15) is 17.6 Å². The molecule has 8 heteroatoms. The highest BCUT2D eigenvalue weighted by molar-refractivity contribution is 7.89. The third-order valence-corrected chi connectivity index (χ3v) is 6.44. The van der Waals surface area contributed by atoms with E-state index in [0.29, 0.717) is 18.7 Å². The Balaban J connectivity index is 1.60. The van der Waals surface area contributed by atoms with Crippen LogP contribution in [-0.2, 0) is 14.8 Å². The van der Waals surface area contributed by atoms with Gasteiger partial charge in [-0.25, -0.2) is 12.8 Å². The van der Waals surface area contributed by atoms with Crippen molar-refractivity contribution in [2.75, 3.05) is 33.3 Å². The lowest BCUT2D eigenvalue weighted by Crippen LogP contribution is -2.50. The van der Waals surface area contributed by atoms with Crippen molar-refractivity contribution < 1.29 is 22.3 Å². The number of benzene rings is 2. The SMILES string of the molecule is COc1ccc(C=CC(=O)N2CCN(S(=O)(=O)c3ccccc3)CC2)cc1F. The minimum Gasteiger partial charge on any atom is -0.494 e. The number of methoxy groups -OCH3 is 1. The van der Waals surface area contributed by atoms with Crippen LogP contribution >= 0.6 is 0 Å². The Morgan fingerprint density at radius 3 is 2.36 bits per heavy atom. The Kier molecular flexibility index (Phi) is 6.11. The zero-order chi connectivity index (χ0) is 20.1. The van der Waals surface area contributed by atoms with Crippen LogP contribution in [0.5, 0.6) is 5.75 Å². The highest BCUT2D eigenvalue weighted by atomic mass is 32.2. The van der Waals surface area contributed by atoms with Crippen LogP contribution in [-0.4, -0.2) is 56.8 Å². The van der Waals surface area contributed by atoms with Crippen molar-refractivity contribution in [2.24, 2.45) is 0 Å². The molecule has 1 aliphatic heterocycles. The first-order valence-corrected chi connectivity index (χ1v) is 10.2. The minimum absolute atomic E-state index is 0.138. The monoisotopic (exact) mass is 404 g/mol. The molecule has 0 N–H and O–H groups in total. The van der Waals surface area contributed by atoms with Crippen molar-refractivity contribution in [3.63, 3.8) is 0 Å². The van der Waals surface area contributed by atoms with Gasteiger partial charge in [0.2, 0.25) is 15.9 Å². The molecule has 1 fully saturated rings. The predicted molar refractivity (Wildman–Crippen MR) is 104 cm³/mol. The molecule has 0 saturated carbocycles. The highest BCUT2D eigenvalue weighted by Gasteiger charge is 2.29. The number of nitrogens with zero attached hydrogens (tertiary/aromatic N) is 2. The molecule has 0 bridgehead atoms. The molecular formula is C20H21FN2O4S. The number of piperazine rings is 1. The van der Waals surface area contributed by atoms with Crippen LogP contribution < -0.4 is 4.74 Å². The van der Waals surface area contributed by atoms with E-state index in [4.69, 9.17) is 4.74 Å². The number of halogens is 1. The molecule has 28 heavy (non-hydrogen) atoms. The molecule has 1 saturated heterocycles. The molecule has 1 heterocycles. The minimum atomic E-state index is -3.55. The second-order valence-electron chi connectivity index (χ2n) is 6.27. The van der Waals surface area contributed by atoms with Crippen LogP contribution in [0, 0.1) is 5.82 Å². The molecule has 0 atom stereocenters. The topological polar surface area (TPSA) is 66.9 Å². The van der Waals surface area contributed by atoms with Gasteiger partial charge in [-0.3, -0.25) is 4.79 Å². The van der Waals surface area contributed by atoms with Crippen LogP contribution in [0.15, 0.2) is 59.5 Å². The molecule has 6 nitrogen and oxygen atoms in total. The van der Waals surface area contributed by atoms with Gasteiger partial charge < -0.3 is 9.64 Å². The third-order valence-electron chi connectivity index (χ3n) is 4.53. The maximum Gasteiger partial charge on any atom is 0.246 e. The standard InChI is InChI=1S/C20H21FN2O4S/c1-27-19-9-7-16(15-18(19)21)8-10-20(24)22-11-13-23(14-12-22)28(25,26)17-5-3-2-4-6-17/h2-10,15H,11-14H2,1H3. The van der Waals surface area contributed by atoms with Gasteiger partial charge in [-0.05, 0) is 35.9 Å². The molecule has 0 radical (unpaired) electrons. The first kappa shape index (κ1) is 20.0. The van der Waals surface area contributed by atoms with Crippen molar-refractivity contribution in [1.29, 1.82) is 0 Å². The van der Waals surface area contributed by atoms with E-state index in [1.165, 1.54) is 35.7 Å². The Labute approximate surface area is 163 Å². The van der Waals surface area contributed by atoms with Gasteiger partial charge in [-0.15, -0.1) is 0 Å². The average Bonchev–Trinajstić information content (AvgIpc) is 2.73. The zero-order valence-electron chi connectivity index (χ0n) is 15.4. The Morgan fingerprint density at radius 1 is 1.07 bits per heavy atom. The maximum absolute atomic E-state index is 13.7. The van der Waals surface area contributed by atoms with Crippen LogP contribution in [0.4, 0.5) is 4.39 Å². The summed E-state index contributed by atoms with van der Waals surface area (Å²) in [5.74, 6) is -0.607. The fourth-order valence-electron chi connectivity index (χ4n) is 2.95. The Morgan fingerprint density at radius 2 is 1.75 bits per heavy atom. The molecule has 3 rings (SSSR count). The lowest BCUT2D eigenvalue weighted by molar-refractivity contribution is -0.127. The van der Waals surface area contributed by atoms with Crippen LogP contribution in [0.3, 0.4) is 0 Å². The van der Waals surface area contributed by atoms with Gasteiger partial charge >= 0.3 is 0 Å². The average molecular weight is 404 g/mol. The van der Waals surface area contributed by atoms with Gasteiger partial charge in [0.15, 0.2) is 11.6 Å². The van der Waals surface area contributed by atoms with E-state index in [0.717, 1.165) is 0 Å². The fourth-order valence-corrected chi connectivity index (χ4v) is 4.39. The number of hydrogen-bond donors (Lipinski definition) is 0. The molecule has 0 spiro atoms. The smallest absolute Gasteiger partial charge is 0.246 e. The molecular weight excluding hydrogens is 383 g/mol. The van der Waals surface area contributed by atoms with E-state index in [-0.39, 0.29) is 29.6 Å². The summed E-state index contributed by atoms with van der Waals surface area (Å²) >= 11 is 0. The predicted octanol–water partition coefficient (Wildman–Crippen LogP) is 2.38. The highest BCUT2D eigenvalue weighted by Crippen LogP contribution is 2.19. The molecule has 0 aliphatic carbocycles. The normalized spacial score (nSPS) is 15.7. The summed E-state index contributed by atoms with van der Waals surface area (Å²) in [4.78, 5) is 14.2. The molecule has 1 aliphatic rings. The molecule has 148 valence electrons. The molecule has 2 aromatic carbocycles.